The van der Waals surface area contributed by atoms with E-state index in [1.807, 2.05) is 0 Å². The third kappa shape index (κ3) is 5.84. The molecule has 0 spiro atoms. The van der Waals surface area contributed by atoms with Crippen LogP contribution in [-0.2, 0) is 29.9 Å². The first-order valence-corrected chi connectivity index (χ1v) is 9.84. The van der Waals surface area contributed by atoms with E-state index in [1.54, 1.807) is 37.5 Å². The fourth-order valence-corrected chi connectivity index (χ4v) is 3.14. The molecule has 2 rings (SSSR count). The molecule has 10 heteroatoms. The molecule has 1 heterocycles. The SMILES string of the molecule is COC(=O)CC(C)(NCC(=O)Nc1cccc(S(N)(=O)=O)c1)c1ccncc1. The monoisotopic (exact) mass is 406 g/mol. The number of primary sulfonamides is 1. The summed E-state index contributed by atoms with van der Waals surface area (Å²) < 4.78 is 27.6. The molecule has 9 nitrogen and oxygen atoms in total. The summed E-state index contributed by atoms with van der Waals surface area (Å²) in [7, 11) is -2.58. The van der Waals surface area contributed by atoms with E-state index in [4.69, 9.17) is 9.88 Å². The van der Waals surface area contributed by atoms with Crippen molar-refractivity contribution >= 4 is 27.6 Å². The number of anilines is 1. The van der Waals surface area contributed by atoms with Crippen molar-refractivity contribution in [2.45, 2.75) is 23.8 Å². The van der Waals surface area contributed by atoms with E-state index in [0.29, 0.717) is 0 Å². The lowest BCUT2D eigenvalue weighted by atomic mass is 9.89. The van der Waals surface area contributed by atoms with Gasteiger partial charge >= 0.3 is 5.97 Å². The summed E-state index contributed by atoms with van der Waals surface area (Å²) in [6.45, 7) is 1.64. The standard InChI is InChI=1S/C18H22N4O5S/c1-18(11-17(24)27-2,13-6-8-20-9-7-13)21-12-16(23)22-14-4-3-5-15(10-14)28(19,25)26/h3-10,21H,11-12H2,1-2H3,(H,22,23)(H2,19,25,26). The Morgan fingerprint density at radius 2 is 1.89 bits per heavy atom. The highest BCUT2D eigenvalue weighted by atomic mass is 32.2. The number of pyridine rings is 1. The fraction of sp³-hybridized carbons (Fsp3) is 0.278. The number of methoxy groups -OCH3 is 1. The second kappa shape index (κ2) is 8.91. The van der Waals surface area contributed by atoms with Crippen molar-refractivity contribution in [3.05, 3.63) is 54.4 Å². The predicted molar refractivity (Wildman–Crippen MR) is 103 cm³/mol. The first-order chi connectivity index (χ1) is 13.1. The summed E-state index contributed by atoms with van der Waals surface area (Å²) in [5, 5.41) is 10.7. The number of hydrogen-bond acceptors (Lipinski definition) is 7. The van der Waals surface area contributed by atoms with E-state index < -0.39 is 27.4 Å². The molecule has 0 aliphatic heterocycles. The Morgan fingerprint density at radius 3 is 2.50 bits per heavy atom. The molecule has 1 aromatic carbocycles. The Balaban J connectivity index is 2.10. The van der Waals surface area contributed by atoms with Gasteiger partial charge in [0, 0.05) is 18.1 Å². The van der Waals surface area contributed by atoms with Crippen molar-refractivity contribution in [3.8, 4) is 0 Å². The van der Waals surface area contributed by atoms with Gasteiger partial charge in [-0.2, -0.15) is 0 Å². The van der Waals surface area contributed by atoms with Crippen molar-refractivity contribution in [3.63, 3.8) is 0 Å². The van der Waals surface area contributed by atoms with Gasteiger partial charge in [0.2, 0.25) is 15.9 Å². The molecular weight excluding hydrogens is 384 g/mol. The summed E-state index contributed by atoms with van der Waals surface area (Å²) in [5.74, 6) is -0.857. The molecule has 2 aromatic rings. The van der Waals surface area contributed by atoms with Crippen LogP contribution in [0, 0.1) is 0 Å². The maximum atomic E-state index is 12.3. The Hall–Kier alpha value is -2.82. The number of ether oxygens (including phenoxy) is 1. The third-order valence-corrected chi connectivity index (χ3v) is 5.04. The number of aromatic nitrogens is 1. The molecule has 0 fully saturated rings. The first kappa shape index (κ1) is 21.5. The van der Waals surface area contributed by atoms with Gasteiger partial charge in [0.1, 0.15) is 0 Å². The number of amides is 1. The van der Waals surface area contributed by atoms with Crippen molar-refractivity contribution in [2.75, 3.05) is 19.0 Å². The largest absolute Gasteiger partial charge is 0.469 e. The van der Waals surface area contributed by atoms with Crippen LogP contribution in [-0.4, -0.2) is 38.9 Å². The van der Waals surface area contributed by atoms with Gasteiger partial charge in [0.05, 0.1) is 30.5 Å². The topological polar surface area (TPSA) is 140 Å². The van der Waals surface area contributed by atoms with Crippen molar-refractivity contribution in [1.29, 1.82) is 0 Å². The molecule has 1 atom stereocenters. The van der Waals surface area contributed by atoms with Gasteiger partial charge in [-0.05, 0) is 42.8 Å². The minimum absolute atomic E-state index is 0.00168. The maximum absolute atomic E-state index is 12.3. The Labute approximate surface area is 163 Å². The smallest absolute Gasteiger partial charge is 0.307 e. The van der Waals surface area contributed by atoms with Crippen molar-refractivity contribution in [1.82, 2.24) is 10.3 Å². The number of sulfonamides is 1. The number of benzene rings is 1. The summed E-state index contributed by atoms with van der Waals surface area (Å²) in [5.41, 5.74) is 0.185. The zero-order valence-electron chi connectivity index (χ0n) is 15.5. The molecule has 0 aliphatic rings. The van der Waals surface area contributed by atoms with Gasteiger partial charge < -0.3 is 10.1 Å². The maximum Gasteiger partial charge on any atom is 0.307 e. The van der Waals surface area contributed by atoms with E-state index in [1.165, 1.54) is 25.3 Å². The van der Waals surface area contributed by atoms with Crippen LogP contribution in [0.5, 0.6) is 0 Å². The van der Waals surface area contributed by atoms with Gasteiger partial charge in [-0.1, -0.05) is 6.07 Å². The van der Waals surface area contributed by atoms with Gasteiger partial charge in [-0.15, -0.1) is 0 Å². The molecule has 4 N–H and O–H groups in total. The summed E-state index contributed by atoms with van der Waals surface area (Å²) in [6, 6.07) is 9.10. The van der Waals surface area contributed by atoms with E-state index in [-0.39, 0.29) is 23.5 Å². The van der Waals surface area contributed by atoms with Gasteiger partial charge in [0.25, 0.3) is 0 Å². The minimum atomic E-state index is -3.87. The lowest BCUT2D eigenvalue weighted by Crippen LogP contribution is -2.45. The zero-order chi connectivity index (χ0) is 20.8. The molecular formula is C18H22N4O5S. The van der Waals surface area contributed by atoms with E-state index in [2.05, 4.69) is 15.6 Å². The van der Waals surface area contributed by atoms with Gasteiger partial charge in [0.15, 0.2) is 0 Å². The average Bonchev–Trinajstić information content (AvgIpc) is 2.66. The quantitative estimate of drug-likeness (QED) is 0.549. The molecule has 1 amide bonds. The van der Waals surface area contributed by atoms with Gasteiger partial charge in [-0.25, -0.2) is 13.6 Å². The van der Waals surface area contributed by atoms with Crippen LogP contribution >= 0.6 is 0 Å². The summed E-state index contributed by atoms with van der Waals surface area (Å²) >= 11 is 0. The van der Waals surface area contributed by atoms with Crippen molar-refractivity contribution in [2.24, 2.45) is 5.14 Å². The summed E-state index contributed by atoms with van der Waals surface area (Å²) in [6.07, 6.45) is 3.18. The highest BCUT2D eigenvalue weighted by Gasteiger charge is 2.30. The second-order valence-corrected chi connectivity index (χ2v) is 7.86. The normalized spacial score (nSPS) is 13.4. The number of carbonyl (C=O) groups is 2. The van der Waals surface area contributed by atoms with Crippen LogP contribution in [0.3, 0.4) is 0 Å². The first-order valence-electron chi connectivity index (χ1n) is 8.29. The highest BCUT2D eigenvalue weighted by Crippen LogP contribution is 2.24. The predicted octanol–water partition coefficient (Wildman–Crippen LogP) is 0.736. The van der Waals surface area contributed by atoms with Crippen LogP contribution in [0.25, 0.3) is 0 Å². The molecule has 0 saturated heterocycles. The number of esters is 1. The number of nitrogens with two attached hydrogens (primary N) is 1. The van der Waals surface area contributed by atoms with Gasteiger partial charge in [-0.3, -0.25) is 19.9 Å². The molecule has 1 aromatic heterocycles. The van der Waals surface area contributed by atoms with E-state index in [9.17, 15) is 18.0 Å². The molecule has 1 unspecified atom stereocenters. The van der Waals surface area contributed by atoms with E-state index >= 15 is 0 Å². The summed E-state index contributed by atoms with van der Waals surface area (Å²) in [4.78, 5) is 28.0. The Bertz CT molecular complexity index is 949. The van der Waals surface area contributed by atoms with Crippen LogP contribution in [0.15, 0.2) is 53.7 Å². The second-order valence-electron chi connectivity index (χ2n) is 6.30. The zero-order valence-corrected chi connectivity index (χ0v) is 16.3. The lowest BCUT2D eigenvalue weighted by Gasteiger charge is -2.30. The molecule has 0 radical (unpaired) electrons. The van der Waals surface area contributed by atoms with E-state index in [0.717, 1.165) is 5.56 Å². The molecule has 0 aliphatic carbocycles. The number of hydrogen-bond donors (Lipinski definition) is 3. The highest BCUT2D eigenvalue weighted by molar-refractivity contribution is 7.89. The van der Waals surface area contributed by atoms with Crippen LogP contribution < -0.4 is 15.8 Å². The number of carbonyl (C=O) groups excluding carboxylic acids is 2. The minimum Gasteiger partial charge on any atom is -0.469 e. The van der Waals surface area contributed by atoms with Crippen molar-refractivity contribution < 1.29 is 22.7 Å². The van der Waals surface area contributed by atoms with Crippen LogP contribution in [0.2, 0.25) is 0 Å². The van der Waals surface area contributed by atoms with Crippen LogP contribution in [0.4, 0.5) is 5.69 Å². The fourth-order valence-electron chi connectivity index (χ4n) is 2.58. The molecule has 0 saturated carbocycles. The molecule has 0 bridgehead atoms. The number of rotatable bonds is 8. The number of nitrogens with one attached hydrogen (secondary N) is 2. The molecule has 28 heavy (non-hydrogen) atoms. The average molecular weight is 406 g/mol. The third-order valence-electron chi connectivity index (χ3n) is 4.13. The number of nitrogens with zero attached hydrogens (tertiary/aromatic N) is 1. The Kier molecular flexibility index (Phi) is 6.84. The Morgan fingerprint density at radius 1 is 1.21 bits per heavy atom. The lowest BCUT2D eigenvalue weighted by molar-refractivity contribution is -0.142. The molecule has 150 valence electrons. The van der Waals surface area contributed by atoms with Crippen LogP contribution in [0.1, 0.15) is 18.9 Å².